The number of nitrogens with zero attached hydrogens (tertiary/aromatic N) is 3. The minimum Gasteiger partial charge on any atom is -0.494 e. The second kappa shape index (κ2) is 11.3. The standard InChI is InChI=1S/C29H37N5O/c1-5-21(3)23-16-14-20(2)15-17-25(23)34(19-30)29-32-27-24(12-9-13-26(27)35-4)28(33-29)31-18-22-10-7-6-8-11-22/h6-13,19-21,30H,5,14-18H2,1-4H3,(H,31,32,33). The molecule has 2 aromatic carbocycles. The molecule has 2 atom stereocenters. The van der Waals surface area contributed by atoms with Crippen LogP contribution in [-0.4, -0.2) is 23.4 Å². The molecule has 1 heterocycles. The molecule has 1 aromatic heterocycles. The van der Waals surface area contributed by atoms with Crippen molar-refractivity contribution in [3.8, 4) is 5.75 Å². The van der Waals surface area contributed by atoms with Crippen molar-refractivity contribution >= 4 is 29.0 Å². The average molecular weight is 472 g/mol. The molecule has 35 heavy (non-hydrogen) atoms. The Labute approximate surface area is 208 Å². The van der Waals surface area contributed by atoms with Gasteiger partial charge < -0.3 is 10.1 Å². The summed E-state index contributed by atoms with van der Waals surface area (Å²) in [6, 6.07) is 16.2. The third-order valence-corrected chi connectivity index (χ3v) is 7.19. The van der Waals surface area contributed by atoms with E-state index in [-0.39, 0.29) is 0 Å². The fourth-order valence-electron chi connectivity index (χ4n) is 4.85. The van der Waals surface area contributed by atoms with E-state index in [1.165, 1.54) is 29.6 Å². The summed E-state index contributed by atoms with van der Waals surface area (Å²) >= 11 is 0. The molecule has 0 saturated heterocycles. The number of para-hydroxylation sites is 1. The van der Waals surface area contributed by atoms with Crippen LogP contribution in [0.1, 0.15) is 58.4 Å². The number of rotatable bonds is 9. The van der Waals surface area contributed by atoms with Crippen LogP contribution in [0.2, 0.25) is 0 Å². The van der Waals surface area contributed by atoms with Gasteiger partial charge in [0.15, 0.2) is 0 Å². The molecule has 2 unspecified atom stereocenters. The van der Waals surface area contributed by atoms with Crippen LogP contribution in [0.15, 0.2) is 59.8 Å². The van der Waals surface area contributed by atoms with Crippen LogP contribution in [-0.2, 0) is 6.54 Å². The Balaban J connectivity index is 1.83. The predicted octanol–water partition coefficient (Wildman–Crippen LogP) is 7.17. The largest absolute Gasteiger partial charge is 0.494 e. The monoisotopic (exact) mass is 471 g/mol. The highest BCUT2D eigenvalue weighted by atomic mass is 16.5. The minimum absolute atomic E-state index is 0.461. The zero-order valence-corrected chi connectivity index (χ0v) is 21.3. The molecule has 2 N–H and O–H groups in total. The SMILES string of the molecule is CCC(C)C1=C(N(C=N)c2nc(NCc3ccccc3)c3cccc(OC)c3n2)CCC(C)CC1. The molecular formula is C29H37N5O. The highest BCUT2D eigenvalue weighted by Gasteiger charge is 2.25. The van der Waals surface area contributed by atoms with Crippen LogP contribution in [0.25, 0.3) is 10.9 Å². The van der Waals surface area contributed by atoms with E-state index in [1.807, 2.05) is 41.3 Å². The smallest absolute Gasteiger partial charge is 0.237 e. The molecular weight excluding hydrogens is 434 g/mol. The van der Waals surface area contributed by atoms with Crippen molar-refractivity contribution in [1.29, 1.82) is 5.41 Å². The third kappa shape index (κ3) is 5.47. The summed E-state index contributed by atoms with van der Waals surface area (Å²) in [6.07, 6.45) is 6.74. The van der Waals surface area contributed by atoms with E-state index in [1.54, 1.807) is 7.11 Å². The summed E-state index contributed by atoms with van der Waals surface area (Å²) in [5.41, 5.74) is 4.53. The molecule has 3 aromatic rings. The van der Waals surface area contributed by atoms with E-state index in [0.717, 1.165) is 42.4 Å². The van der Waals surface area contributed by atoms with Crippen molar-refractivity contribution in [2.45, 2.75) is 59.4 Å². The quantitative estimate of drug-likeness (QED) is 0.255. The summed E-state index contributed by atoms with van der Waals surface area (Å²) in [5.74, 6) is 3.08. The number of allylic oxidation sites excluding steroid dienone is 2. The van der Waals surface area contributed by atoms with E-state index in [9.17, 15) is 0 Å². The molecule has 6 heteroatoms. The van der Waals surface area contributed by atoms with Crippen LogP contribution in [0.3, 0.4) is 0 Å². The van der Waals surface area contributed by atoms with Gasteiger partial charge in [-0.1, -0.05) is 57.2 Å². The Morgan fingerprint density at radius 1 is 1.11 bits per heavy atom. The van der Waals surface area contributed by atoms with Gasteiger partial charge in [-0.25, -0.2) is 4.98 Å². The van der Waals surface area contributed by atoms with Crippen molar-refractivity contribution in [3.05, 3.63) is 65.4 Å². The van der Waals surface area contributed by atoms with Crippen molar-refractivity contribution < 1.29 is 4.74 Å². The number of fused-ring (bicyclic) bond motifs is 1. The fraction of sp³-hybridized carbons (Fsp3) is 0.414. The Morgan fingerprint density at radius 2 is 1.89 bits per heavy atom. The van der Waals surface area contributed by atoms with Gasteiger partial charge in [0, 0.05) is 17.6 Å². The molecule has 6 nitrogen and oxygen atoms in total. The Kier molecular flexibility index (Phi) is 8.01. The maximum Gasteiger partial charge on any atom is 0.237 e. The van der Waals surface area contributed by atoms with Gasteiger partial charge in [-0.2, -0.15) is 4.98 Å². The normalized spacial score (nSPS) is 17.1. The molecule has 4 rings (SSSR count). The lowest BCUT2D eigenvalue weighted by atomic mass is 9.92. The molecule has 0 spiro atoms. The zero-order chi connectivity index (χ0) is 24.8. The number of nitrogens with one attached hydrogen (secondary N) is 2. The molecule has 1 aliphatic rings. The van der Waals surface area contributed by atoms with Crippen LogP contribution in [0.4, 0.5) is 11.8 Å². The lowest BCUT2D eigenvalue weighted by molar-refractivity contribution is 0.419. The van der Waals surface area contributed by atoms with Crippen LogP contribution >= 0.6 is 0 Å². The number of aromatic nitrogens is 2. The molecule has 0 radical (unpaired) electrons. The second-order valence-corrected chi connectivity index (χ2v) is 9.53. The lowest BCUT2D eigenvalue weighted by Gasteiger charge is -2.26. The predicted molar refractivity (Wildman–Crippen MR) is 145 cm³/mol. The maximum absolute atomic E-state index is 8.39. The van der Waals surface area contributed by atoms with E-state index >= 15 is 0 Å². The number of anilines is 2. The van der Waals surface area contributed by atoms with Gasteiger partial charge in [0.25, 0.3) is 0 Å². The molecule has 0 bridgehead atoms. The Hall–Kier alpha value is -3.41. The second-order valence-electron chi connectivity index (χ2n) is 9.53. The summed E-state index contributed by atoms with van der Waals surface area (Å²) in [6.45, 7) is 7.51. The number of hydrogen-bond acceptors (Lipinski definition) is 5. The first-order valence-corrected chi connectivity index (χ1v) is 12.7. The maximum atomic E-state index is 8.39. The van der Waals surface area contributed by atoms with Crippen molar-refractivity contribution in [1.82, 2.24) is 9.97 Å². The fourth-order valence-corrected chi connectivity index (χ4v) is 4.85. The van der Waals surface area contributed by atoms with Crippen molar-refractivity contribution in [3.63, 3.8) is 0 Å². The van der Waals surface area contributed by atoms with Crippen molar-refractivity contribution in [2.75, 3.05) is 17.3 Å². The Bertz CT molecular complexity index is 1190. The van der Waals surface area contributed by atoms with Crippen LogP contribution in [0, 0.1) is 17.2 Å². The van der Waals surface area contributed by atoms with Gasteiger partial charge in [-0.05, 0) is 67.2 Å². The number of benzene rings is 2. The van der Waals surface area contributed by atoms with Gasteiger partial charge in [0.1, 0.15) is 17.1 Å². The Morgan fingerprint density at radius 3 is 2.60 bits per heavy atom. The third-order valence-electron chi connectivity index (χ3n) is 7.19. The summed E-state index contributed by atoms with van der Waals surface area (Å²) in [7, 11) is 1.66. The number of methoxy groups -OCH3 is 1. The van der Waals surface area contributed by atoms with Gasteiger partial charge in [-0.3, -0.25) is 10.3 Å². The number of ether oxygens (including phenoxy) is 1. The summed E-state index contributed by atoms with van der Waals surface area (Å²) in [5, 5.41) is 12.8. The summed E-state index contributed by atoms with van der Waals surface area (Å²) < 4.78 is 5.66. The highest BCUT2D eigenvalue weighted by Crippen LogP contribution is 2.37. The van der Waals surface area contributed by atoms with Crippen molar-refractivity contribution in [2.24, 2.45) is 11.8 Å². The van der Waals surface area contributed by atoms with Gasteiger partial charge >= 0.3 is 0 Å². The molecule has 0 aliphatic heterocycles. The van der Waals surface area contributed by atoms with E-state index in [2.05, 4.69) is 38.2 Å². The summed E-state index contributed by atoms with van der Waals surface area (Å²) in [4.78, 5) is 11.8. The average Bonchev–Trinajstić information content (AvgIpc) is 3.09. The van der Waals surface area contributed by atoms with Gasteiger partial charge in [0.2, 0.25) is 5.95 Å². The van der Waals surface area contributed by atoms with Gasteiger partial charge in [-0.15, -0.1) is 0 Å². The van der Waals surface area contributed by atoms with Crippen LogP contribution < -0.4 is 15.0 Å². The number of hydrogen-bond donors (Lipinski definition) is 2. The van der Waals surface area contributed by atoms with E-state index in [4.69, 9.17) is 20.1 Å². The molecule has 184 valence electrons. The molecule has 0 amide bonds. The molecule has 1 aliphatic carbocycles. The first-order valence-electron chi connectivity index (χ1n) is 12.7. The first-order chi connectivity index (χ1) is 17.0. The molecule has 0 fully saturated rings. The van der Waals surface area contributed by atoms with E-state index < -0.39 is 0 Å². The van der Waals surface area contributed by atoms with Crippen LogP contribution in [0.5, 0.6) is 5.75 Å². The van der Waals surface area contributed by atoms with Gasteiger partial charge in [0.05, 0.1) is 13.4 Å². The minimum atomic E-state index is 0.461. The topological polar surface area (TPSA) is 74.1 Å². The molecule has 0 saturated carbocycles. The highest BCUT2D eigenvalue weighted by molar-refractivity contribution is 5.95. The van der Waals surface area contributed by atoms with E-state index in [0.29, 0.717) is 30.1 Å². The lowest BCUT2D eigenvalue weighted by Crippen LogP contribution is -2.25. The zero-order valence-electron chi connectivity index (χ0n) is 21.3. The first kappa shape index (κ1) is 24.7.